The molecule has 0 aromatic carbocycles. The quantitative estimate of drug-likeness (QED) is 0.546. The second-order valence-electron chi connectivity index (χ2n) is 3.37. The van der Waals surface area contributed by atoms with E-state index in [0.29, 0.717) is 18.0 Å². The summed E-state index contributed by atoms with van der Waals surface area (Å²) >= 11 is 0. The lowest BCUT2D eigenvalue weighted by Gasteiger charge is -2.18. The first-order valence-corrected chi connectivity index (χ1v) is 4.04. The average Bonchev–Trinajstić information content (AvgIpc) is 1.96. The van der Waals surface area contributed by atoms with Crippen LogP contribution >= 0.6 is 0 Å². The van der Waals surface area contributed by atoms with Gasteiger partial charge in [0.05, 0.1) is 13.2 Å². The largest absolute Gasteiger partial charge is 0.380 e. The van der Waals surface area contributed by atoms with Crippen LogP contribution in [0, 0.1) is 5.92 Å². The summed E-state index contributed by atoms with van der Waals surface area (Å²) in [5.41, 5.74) is 0. The minimum atomic E-state index is 0.514. The summed E-state index contributed by atoms with van der Waals surface area (Å²) in [4.78, 5) is 0. The topological polar surface area (TPSA) is 21.3 Å². The molecular formula is C8H17NO. The van der Waals surface area contributed by atoms with Gasteiger partial charge in [0.15, 0.2) is 0 Å². The maximum absolute atomic E-state index is 5.43. The first-order chi connectivity index (χ1) is 4.70. The highest BCUT2D eigenvalue weighted by Gasteiger charge is 2.18. The van der Waals surface area contributed by atoms with Gasteiger partial charge in [-0.25, -0.2) is 0 Å². The fourth-order valence-electron chi connectivity index (χ4n) is 1.24. The molecule has 1 rings (SSSR count). The Kier molecular flexibility index (Phi) is 2.69. The average molecular weight is 143 g/mol. The van der Waals surface area contributed by atoms with Crippen molar-refractivity contribution in [1.29, 1.82) is 0 Å². The van der Waals surface area contributed by atoms with E-state index in [4.69, 9.17) is 4.74 Å². The highest BCUT2D eigenvalue weighted by molar-refractivity contribution is 4.75. The first-order valence-electron chi connectivity index (χ1n) is 4.04. The molecule has 0 bridgehead atoms. The van der Waals surface area contributed by atoms with Crippen LogP contribution in [0.15, 0.2) is 0 Å². The van der Waals surface area contributed by atoms with Crippen LogP contribution in [0.5, 0.6) is 0 Å². The standard InChI is InChI=1S/C8H17NO/c1-6-4-10-5-7(2)9-8(6)3/h6-9H,4-5H2,1-3H3. The molecule has 2 heteroatoms. The second-order valence-corrected chi connectivity index (χ2v) is 3.37. The predicted octanol–water partition coefficient (Wildman–Crippen LogP) is 1.02. The molecular weight excluding hydrogens is 126 g/mol. The lowest BCUT2D eigenvalue weighted by atomic mass is 10.1. The van der Waals surface area contributed by atoms with E-state index in [9.17, 15) is 0 Å². The molecule has 10 heavy (non-hydrogen) atoms. The summed E-state index contributed by atoms with van der Waals surface area (Å²) in [5.74, 6) is 0.643. The summed E-state index contributed by atoms with van der Waals surface area (Å²) in [6, 6.07) is 1.11. The summed E-state index contributed by atoms with van der Waals surface area (Å²) in [7, 11) is 0. The zero-order valence-electron chi connectivity index (χ0n) is 7.05. The third-order valence-corrected chi connectivity index (χ3v) is 2.15. The normalized spacial score (nSPS) is 42.9. The van der Waals surface area contributed by atoms with E-state index in [-0.39, 0.29) is 0 Å². The molecule has 0 aliphatic carbocycles. The number of hydrogen-bond acceptors (Lipinski definition) is 2. The highest BCUT2D eigenvalue weighted by Crippen LogP contribution is 2.08. The van der Waals surface area contributed by atoms with E-state index in [2.05, 4.69) is 26.1 Å². The van der Waals surface area contributed by atoms with Crippen molar-refractivity contribution in [3.8, 4) is 0 Å². The molecule has 1 fully saturated rings. The van der Waals surface area contributed by atoms with Gasteiger partial charge in [-0.15, -0.1) is 0 Å². The van der Waals surface area contributed by atoms with Crippen molar-refractivity contribution in [1.82, 2.24) is 5.32 Å². The molecule has 0 radical (unpaired) electrons. The monoisotopic (exact) mass is 143 g/mol. The van der Waals surface area contributed by atoms with Crippen LogP contribution in [0.3, 0.4) is 0 Å². The van der Waals surface area contributed by atoms with Gasteiger partial charge in [-0.05, 0) is 19.8 Å². The Labute approximate surface area is 63.0 Å². The van der Waals surface area contributed by atoms with E-state index in [0.717, 1.165) is 13.2 Å². The predicted molar refractivity (Wildman–Crippen MR) is 42.0 cm³/mol. The van der Waals surface area contributed by atoms with Gasteiger partial charge in [0.25, 0.3) is 0 Å². The molecule has 0 amide bonds. The molecule has 0 spiro atoms. The third-order valence-electron chi connectivity index (χ3n) is 2.15. The SMILES string of the molecule is CC1COCC(C)C(C)N1. The van der Waals surface area contributed by atoms with Crippen LogP contribution in [0.4, 0.5) is 0 Å². The lowest BCUT2D eigenvalue weighted by molar-refractivity contribution is 0.113. The van der Waals surface area contributed by atoms with Crippen LogP contribution in [0.25, 0.3) is 0 Å². The molecule has 1 N–H and O–H groups in total. The maximum atomic E-state index is 5.43. The van der Waals surface area contributed by atoms with Gasteiger partial charge in [0, 0.05) is 12.1 Å². The minimum absolute atomic E-state index is 0.514. The van der Waals surface area contributed by atoms with Gasteiger partial charge in [-0.1, -0.05) is 6.92 Å². The summed E-state index contributed by atoms with van der Waals surface area (Å²) in [5, 5.41) is 3.47. The number of rotatable bonds is 0. The smallest absolute Gasteiger partial charge is 0.0617 e. The number of hydrogen-bond donors (Lipinski definition) is 1. The lowest BCUT2D eigenvalue weighted by Crippen LogP contribution is -2.37. The Morgan fingerprint density at radius 3 is 2.60 bits per heavy atom. The van der Waals surface area contributed by atoms with Gasteiger partial charge in [0.1, 0.15) is 0 Å². The Morgan fingerprint density at radius 1 is 1.20 bits per heavy atom. The van der Waals surface area contributed by atoms with Gasteiger partial charge in [-0.3, -0.25) is 0 Å². The first kappa shape index (κ1) is 8.02. The van der Waals surface area contributed by atoms with Crippen LogP contribution in [0.2, 0.25) is 0 Å². The van der Waals surface area contributed by atoms with Gasteiger partial charge >= 0.3 is 0 Å². The van der Waals surface area contributed by atoms with Crippen molar-refractivity contribution in [2.24, 2.45) is 5.92 Å². The van der Waals surface area contributed by atoms with Crippen molar-refractivity contribution in [2.75, 3.05) is 13.2 Å². The molecule has 1 aliphatic heterocycles. The van der Waals surface area contributed by atoms with Crippen molar-refractivity contribution in [2.45, 2.75) is 32.9 Å². The van der Waals surface area contributed by atoms with E-state index in [1.54, 1.807) is 0 Å². The zero-order chi connectivity index (χ0) is 7.56. The van der Waals surface area contributed by atoms with Crippen LogP contribution in [-0.4, -0.2) is 25.3 Å². The summed E-state index contributed by atoms with van der Waals surface area (Å²) in [6.07, 6.45) is 0. The van der Waals surface area contributed by atoms with E-state index >= 15 is 0 Å². The minimum Gasteiger partial charge on any atom is -0.380 e. The number of ether oxygens (including phenoxy) is 1. The Balaban J connectivity index is 2.41. The fourth-order valence-corrected chi connectivity index (χ4v) is 1.24. The van der Waals surface area contributed by atoms with E-state index < -0.39 is 0 Å². The summed E-state index contributed by atoms with van der Waals surface area (Å²) in [6.45, 7) is 8.35. The molecule has 3 atom stereocenters. The third kappa shape index (κ3) is 1.96. The molecule has 1 saturated heterocycles. The van der Waals surface area contributed by atoms with Crippen molar-refractivity contribution < 1.29 is 4.74 Å². The van der Waals surface area contributed by atoms with Gasteiger partial charge in [-0.2, -0.15) is 0 Å². The van der Waals surface area contributed by atoms with Gasteiger partial charge < -0.3 is 10.1 Å². The molecule has 60 valence electrons. The van der Waals surface area contributed by atoms with Crippen LogP contribution in [-0.2, 0) is 4.74 Å². The highest BCUT2D eigenvalue weighted by atomic mass is 16.5. The molecule has 1 aliphatic rings. The van der Waals surface area contributed by atoms with Crippen molar-refractivity contribution in [3.63, 3.8) is 0 Å². The van der Waals surface area contributed by atoms with Crippen molar-refractivity contribution >= 4 is 0 Å². The molecule has 1 heterocycles. The zero-order valence-corrected chi connectivity index (χ0v) is 7.05. The van der Waals surface area contributed by atoms with E-state index in [1.807, 2.05) is 0 Å². The molecule has 0 aromatic rings. The molecule has 0 saturated carbocycles. The molecule has 2 nitrogen and oxygen atoms in total. The fraction of sp³-hybridized carbons (Fsp3) is 1.00. The maximum Gasteiger partial charge on any atom is 0.0617 e. The van der Waals surface area contributed by atoms with Crippen LogP contribution < -0.4 is 5.32 Å². The molecule has 3 unspecified atom stereocenters. The second kappa shape index (κ2) is 3.35. The Hall–Kier alpha value is -0.0800. The summed E-state index contributed by atoms with van der Waals surface area (Å²) < 4.78 is 5.43. The Bertz CT molecular complexity index is 105. The Morgan fingerprint density at radius 2 is 1.90 bits per heavy atom. The van der Waals surface area contributed by atoms with E-state index in [1.165, 1.54) is 0 Å². The van der Waals surface area contributed by atoms with Gasteiger partial charge in [0.2, 0.25) is 0 Å². The number of nitrogens with one attached hydrogen (secondary N) is 1. The van der Waals surface area contributed by atoms with Crippen molar-refractivity contribution in [3.05, 3.63) is 0 Å². The van der Waals surface area contributed by atoms with Crippen LogP contribution in [0.1, 0.15) is 20.8 Å². The molecule has 0 aromatic heterocycles.